The molecule has 0 aromatic carbocycles. The molecule has 0 bridgehead atoms. The molecule has 26 heavy (non-hydrogen) atoms. The average Bonchev–Trinajstić information content (AvgIpc) is 2.56. The number of likely N-dealkylation sites (N-methyl/N-ethyl adjacent to an activating group) is 1. The fourth-order valence-corrected chi connectivity index (χ4v) is 3.43. The number of unbranched alkanes of at least 4 members (excludes halogenated alkanes) is 12. The fourth-order valence-electron chi connectivity index (χ4n) is 3.43. The van der Waals surface area contributed by atoms with E-state index < -0.39 is 5.97 Å². The molecule has 0 amide bonds. The Labute approximate surface area is 163 Å². The Kier molecular flexibility index (Phi) is 15.8. The second kappa shape index (κ2) is 16.4. The topological polar surface area (TPSA) is 37.3 Å². The van der Waals surface area contributed by atoms with Gasteiger partial charge >= 0.3 is 5.97 Å². The van der Waals surface area contributed by atoms with Crippen molar-refractivity contribution in [1.82, 2.24) is 0 Å². The lowest BCUT2D eigenvalue weighted by molar-refractivity contribution is -0.887. The van der Waals surface area contributed by atoms with Crippen molar-refractivity contribution in [2.75, 3.05) is 21.1 Å². The lowest BCUT2D eigenvalue weighted by Crippen LogP contribution is -2.49. The summed E-state index contributed by atoms with van der Waals surface area (Å²) < 4.78 is 0.514. The normalized spacial score (nSPS) is 13.4. The number of carboxylic acids is 1. The van der Waals surface area contributed by atoms with Crippen LogP contribution < -0.4 is 0 Å². The molecule has 154 valence electrons. The maximum Gasteiger partial charge on any atom is 0.362 e. The Morgan fingerprint density at radius 2 is 1.19 bits per heavy atom. The molecule has 0 spiro atoms. The summed E-state index contributed by atoms with van der Waals surface area (Å²) in [4.78, 5) is 11.3. The van der Waals surface area contributed by atoms with Crippen LogP contribution in [0.3, 0.4) is 0 Å². The lowest BCUT2D eigenvalue weighted by Gasteiger charge is -2.31. The zero-order valence-electron chi connectivity index (χ0n) is 18.1. The number of quaternary nitrogens is 1. The van der Waals surface area contributed by atoms with E-state index in [1.807, 2.05) is 21.1 Å². The number of carboxylic acid groups (broad SMARTS) is 1. The van der Waals surface area contributed by atoms with E-state index in [0.717, 1.165) is 19.3 Å². The summed E-state index contributed by atoms with van der Waals surface area (Å²) in [6.07, 6.45) is 23.6. The first-order valence-electron chi connectivity index (χ1n) is 11.1. The molecule has 1 unspecified atom stereocenters. The second-order valence-electron chi connectivity index (χ2n) is 8.70. The molecule has 0 aliphatic carbocycles. The zero-order chi connectivity index (χ0) is 19.7. The Morgan fingerprint density at radius 1 is 0.769 bits per heavy atom. The van der Waals surface area contributed by atoms with Crippen LogP contribution >= 0.6 is 0 Å². The van der Waals surface area contributed by atoms with Crippen molar-refractivity contribution in [3.63, 3.8) is 0 Å². The number of hydrogen-bond donors (Lipinski definition) is 1. The molecular formula is C23H46NO2+. The van der Waals surface area contributed by atoms with Gasteiger partial charge in [0.05, 0.1) is 21.1 Å². The third-order valence-corrected chi connectivity index (χ3v) is 5.21. The maximum atomic E-state index is 11.3. The number of carbonyl (C=O) groups is 1. The van der Waals surface area contributed by atoms with Crippen LogP contribution in [0.4, 0.5) is 0 Å². The van der Waals surface area contributed by atoms with Gasteiger partial charge in [-0.25, -0.2) is 4.79 Å². The highest BCUT2D eigenvalue weighted by Crippen LogP contribution is 2.15. The first-order valence-corrected chi connectivity index (χ1v) is 11.1. The van der Waals surface area contributed by atoms with E-state index in [0.29, 0.717) is 4.48 Å². The largest absolute Gasteiger partial charge is 0.477 e. The summed E-state index contributed by atoms with van der Waals surface area (Å²) in [6, 6.07) is -0.271. The fraction of sp³-hybridized carbons (Fsp3) is 0.870. The van der Waals surface area contributed by atoms with E-state index in [1.54, 1.807) is 0 Å². The van der Waals surface area contributed by atoms with Crippen LogP contribution in [0.5, 0.6) is 0 Å². The highest BCUT2D eigenvalue weighted by atomic mass is 16.4. The van der Waals surface area contributed by atoms with Crippen molar-refractivity contribution in [1.29, 1.82) is 0 Å². The first-order chi connectivity index (χ1) is 12.4. The minimum Gasteiger partial charge on any atom is -0.477 e. The van der Waals surface area contributed by atoms with Crippen molar-refractivity contribution in [2.24, 2.45) is 0 Å². The van der Waals surface area contributed by atoms with Gasteiger partial charge in [0, 0.05) is 6.42 Å². The molecule has 0 aromatic heterocycles. The van der Waals surface area contributed by atoms with Crippen LogP contribution in [0.15, 0.2) is 12.2 Å². The van der Waals surface area contributed by atoms with E-state index in [2.05, 4.69) is 19.1 Å². The van der Waals surface area contributed by atoms with Gasteiger partial charge in [-0.2, -0.15) is 0 Å². The average molecular weight is 369 g/mol. The molecule has 3 nitrogen and oxygen atoms in total. The van der Waals surface area contributed by atoms with Crippen LogP contribution in [0, 0.1) is 0 Å². The van der Waals surface area contributed by atoms with Gasteiger partial charge in [0.15, 0.2) is 6.04 Å². The predicted octanol–water partition coefficient (Wildman–Crippen LogP) is 6.57. The molecule has 1 atom stereocenters. The van der Waals surface area contributed by atoms with Crippen molar-refractivity contribution >= 4 is 5.97 Å². The van der Waals surface area contributed by atoms with Crippen molar-refractivity contribution < 1.29 is 14.4 Å². The smallest absolute Gasteiger partial charge is 0.362 e. The van der Waals surface area contributed by atoms with Crippen molar-refractivity contribution in [3.05, 3.63) is 12.2 Å². The Hall–Kier alpha value is -0.830. The van der Waals surface area contributed by atoms with Gasteiger partial charge < -0.3 is 9.59 Å². The van der Waals surface area contributed by atoms with E-state index in [1.165, 1.54) is 77.0 Å². The summed E-state index contributed by atoms with van der Waals surface area (Å²) in [5.74, 6) is -0.662. The summed E-state index contributed by atoms with van der Waals surface area (Å²) in [5.41, 5.74) is 0. The first kappa shape index (κ1) is 25.2. The molecule has 3 heteroatoms. The lowest BCUT2D eigenvalue weighted by atomic mass is 10.0. The molecule has 0 saturated heterocycles. The van der Waals surface area contributed by atoms with E-state index in [-0.39, 0.29) is 6.04 Å². The SMILES string of the molecule is CCCCCCCCC=CCCCCCCCCC(C(=O)O)[N+](C)(C)C. The molecule has 0 aromatic rings. The number of rotatable bonds is 18. The third kappa shape index (κ3) is 15.4. The second-order valence-corrected chi connectivity index (χ2v) is 8.70. The molecule has 0 aliphatic heterocycles. The van der Waals surface area contributed by atoms with E-state index >= 15 is 0 Å². The third-order valence-electron chi connectivity index (χ3n) is 5.21. The molecule has 0 aliphatic rings. The number of hydrogen-bond acceptors (Lipinski definition) is 1. The van der Waals surface area contributed by atoms with Crippen molar-refractivity contribution in [3.8, 4) is 0 Å². The molecule has 0 radical (unpaired) electrons. The highest BCUT2D eigenvalue weighted by Gasteiger charge is 2.30. The van der Waals surface area contributed by atoms with Crippen LogP contribution in [0.25, 0.3) is 0 Å². The Balaban J connectivity index is 3.41. The van der Waals surface area contributed by atoms with Gasteiger partial charge in [0.2, 0.25) is 0 Å². The number of allylic oxidation sites excluding steroid dienone is 2. The van der Waals surface area contributed by atoms with Crippen LogP contribution in [0.1, 0.15) is 103 Å². The summed E-state index contributed by atoms with van der Waals surface area (Å²) >= 11 is 0. The molecule has 1 N–H and O–H groups in total. The van der Waals surface area contributed by atoms with Crippen LogP contribution in [0.2, 0.25) is 0 Å². The maximum absolute atomic E-state index is 11.3. The summed E-state index contributed by atoms with van der Waals surface area (Å²) in [5, 5.41) is 9.31. The molecule has 0 heterocycles. The van der Waals surface area contributed by atoms with Crippen LogP contribution in [-0.4, -0.2) is 42.7 Å². The summed E-state index contributed by atoms with van der Waals surface area (Å²) in [6.45, 7) is 2.27. The van der Waals surface area contributed by atoms with Gasteiger partial charge in [-0.3, -0.25) is 0 Å². The predicted molar refractivity (Wildman–Crippen MR) is 114 cm³/mol. The molecule has 0 rings (SSSR count). The van der Waals surface area contributed by atoms with E-state index in [4.69, 9.17) is 0 Å². The minimum absolute atomic E-state index is 0.271. The quantitative estimate of drug-likeness (QED) is 0.169. The summed E-state index contributed by atoms with van der Waals surface area (Å²) in [7, 11) is 5.91. The van der Waals surface area contributed by atoms with Crippen molar-refractivity contribution in [2.45, 2.75) is 109 Å². The number of aliphatic carboxylic acids is 1. The molecule has 0 fully saturated rings. The monoisotopic (exact) mass is 368 g/mol. The van der Waals surface area contributed by atoms with Gasteiger partial charge in [0.25, 0.3) is 0 Å². The number of nitrogens with zero attached hydrogens (tertiary/aromatic N) is 1. The Morgan fingerprint density at radius 3 is 1.62 bits per heavy atom. The Bertz CT molecular complexity index is 358. The van der Waals surface area contributed by atoms with Gasteiger partial charge in [-0.15, -0.1) is 0 Å². The van der Waals surface area contributed by atoms with Crippen LogP contribution in [-0.2, 0) is 4.79 Å². The molecule has 0 saturated carbocycles. The van der Waals surface area contributed by atoms with Gasteiger partial charge in [-0.1, -0.05) is 76.9 Å². The standard InChI is InChI=1S/C23H45NO2/c1-5-6-7-8-9-10-11-12-13-14-15-16-17-18-19-20-21-22(23(25)26)24(2,3)4/h12-13,22H,5-11,14-21H2,1-4H3/p+1. The minimum atomic E-state index is -0.662. The van der Waals surface area contributed by atoms with Gasteiger partial charge in [0.1, 0.15) is 0 Å². The zero-order valence-corrected chi connectivity index (χ0v) is 18.1. The van der Waals surface area contributed by atoms with E-state index in [9.17, 15) is 9.90 Å². The highest BCUT2D eigenvalue weighted by molar-refractivity contribution is 5.72. The molecular weight excluding hydrogens is 322 g/mol. The van der Waals surface area contributed by atoms with Gasteiger partial charge in [-0.05, 0) is 32.1 Å².